The number of carbonyl (C=O) groups excluding carboxylic acids is 2. The predicted molar refractivity (Wildman–Crippen MR) is 182 cm³/mol. The van der Waals surface area contributed by atoms with Crippen LogP contribution in [-0.2, 0) is 29.0 Å². The highest BCUT2D eigenvalue weighted by Crippen LogP contribution is 2.38. The highest BCUT2D eigenvalue weighted by molar-refractivity contribution is 6.30. The van der Waals surface area contributed by atoms with Gasteiger partial charge in [0.2, 0.25) is 5.91 Å². The summed E-state index contributed by atoms with van der Waals surface area (Å²) in [7, 11) is 0. The third-order valence-corrected chi connectivity index (χ3v) is 11.3. The molecule has 3 aromatic rings. The Bertz CT molecular complexity index is 1640. The van der Waals surface area contributed by atoms with Gasteiger partial charge in [0.1, 0.15) is 17.7 Å². The number of piperidine rings is 1. The number of fused-ring (bicyclic) bond motifs is 2. The second-order valence-corrected chi connectivity index (χ2v) is 14.9. The van der Waals surface area contributed by atoms with E-state index in [9.17, 15) is 19.8 Å². The Labute approximate surface area is 287 Å². The zero-order valence-corrected chi connectivity index (χ0v) is 28.6. The fraction of sp³-hybridized carbons (Fsp3) is 0.568. The summed E-state index contributed by atoms with van der Waals surface area (Å²) in [6, 6.07) is 9.10. The lowest BCUT2D eigenvalue weighted by Gasteiger charge is -2.47. The molecule has 256 valence electrons. The lowest BCUT2D eigenvalue weighted by atomic mass is 9.84. The Morgan fingerprint density at radius 2 is 1.85 bits per heavy atom. The van der Waals surface area contributed by atoms with Gasteiger partial charge < -0.3 is 24.6 Å². The van der Waals surface area contributed by atoms with Crippen LogP contribution < -0.4 is 0 Å². The Kier molecular flexibility index (Phi) is 9.61. The van der Waals surface area contributed by atoms with Crippen LogP contribution in [0.25, 0.3) is 0 Å². The van der Waals surface area contributed by atoms with Crippen LogP contribution in [0.5, 0.6) is 0 Å². The Morgan fingerprint density at radius 3 is 2.65 bits per heavy atom. The number of hydrogen-bond donors (Lipinski definition) is 2. The van der Waals surface area contributed by atoms with E-state index < -0.39 is 17.7 Å². The number of nitrogens with zero attached hydrogens (tertiary/aromatic N) is 6. The van der Waals surface area contributed by atoms with Crippen molar-refractivity contribution in [1.29, 1.82) is 0 Å². The van der Waals surface area contributed by atoms with Gasteiger partial charge in [-0.3, -0.25) is 19.5 Å². The lowest BCUT2D eigenvalue weighted by molar-refractivity contribution is -0.160. The van der Waals surface area contributed by atoms with E-state index in [0.717, 1.165) is 67.5 Å². The fourth-order valence-corrected chi connectivity index (χ4v) is 8.82. The number of aliphatic hydroxyl groups excluding tert-OH is 1. The molecule has 2 aromatic heterocycles. The van der Waals surface area contributed by atoms with Gasteiger partial charge in [0, 0.05) is 43.6 Å². The molecule has 1 aromatic carbocycles. The molecule has 2 aliphatic carbocycles. The van der Waals surface area contributed by atoms with E-state index in [0.29, 0.717) is 50.6 Å². The molecule has 2 saturated heterocycles. The molecule has 0 bridgehead atoms. The second-order valence-electron chi connectivity index (χ2n) is 14.5. The SMILES string of the molecule is Cc1cn(CC2(O)CCCN(C(=O)[C@H]3CN([C@@H]4c5ccc(Cl)cc5CCc5cccnc54)CCN3C(=O)C(O)C3CCCCC3)C2)cn1. The summed E-state index contributed by atoms with van der Waals surface area (Å²) >= 11 is 6.48. The van der Waals surface area contributed by atoms with Gasteiger partial charge in [-0.05, 0) is 86.3 Å². The Hall–Kier alpha value is -3.31. The summed E-state index contributed by atoms with van der Waals surface area (Å²) in [5, 5.41) is 23.8. The summed E-state index contributed by atoms with van der Waals surface area (Å²) in [5.74, 6) is -0.629. The maximum Gasteiger partial charge on any atom is 0.252 e. The van der Waals surface area contributed by atoms with Gasteiger partial charge in [0.25, 0.3) is 5.91 Å². The first kappa shape index (κ1) is 33.2. The van der Waals surface area contributed by atoms with Crippen LogP contribution in [-0.4, -0.2) is 102 Å². The standard InChI is InChI=1S/C37H47ClN6O4/c1-25-20-41(24-40-25)22-37(48)14-6-16-43(23-37)35(46)31-21-42(17-18-44(31)36(47)34(45)27-7-3-2-4-8-27)33-30-13-12-29(38)19-28(30)11-10-26-9-5-15-39-32(26)33/h5,9,12-13,15,19-20,24,27,31,33-34,45,48H,2-4,6-8,10-11,14,16-18,21-23H2,1H3/t31-,33-,34?,37?/m1/s1. The molecule has 2 aliphatic heterocycles. The number of hydrogen-bond acceptors (Lipinski definition) is 7. The van der Waals surface area contributed by atoms with Crippen molar-refractivity contribution in [3.63, 3.8) is 0 Å². The van der Waals surface area contributed by atoms with Crippen LogP contribution in [0.4, 0.5) is 0 Å². The molecule has 2 amide bonds. The van der Waals surface area contributed by atoms with Crippen molar-refractivity contribution in [3.8, 4) is 0 Å². The second kappa shape index (κ2) is 13.9. The lowest BCUT2D eigenvalue weighted by Crippen LogP contribution is -2.65. The predicted octanol–water partition coefficient (Wildman–Crippen LogP) is 3.94. The molecule has 48 heavy (non-hydrogen) atoms. The molecule has 11 heteroatoms. The van der Waals surface area contributed by atoms with Crippen molar-refractivity contribution >= 4 is 23.4 Å². The number of rotatable bonds is 6. The summed E-state index contributed by atoms with van der Waals surface area (Å²) < 4.78 is 1.88. The Balaban J connectivity index is 1.20. The number of β-amino-alcohol motifs (C(OH)–C–C–N with tert-alkyl or cyclic N) is 1. The average Bonchev–Trinajstić information content (AvgIpc) is 3.43. The molecule has 4 atom stereocenters. The topological polar surface area (TPSA) is 115 Å². The number of aryl methyl sites for hydroxylation is 3. The molecule has 0 radical (unpaired) electrons. The van der Waals surface area contributed by atoms with Crippen LogP contribution in [0.15, 0.2) is 49.1 Å². The van der Waals surface area contributed by atoms with E-state index >= 15 is 0 Å². The van der Waals surface area contributed by atoms with Gasteiger partial charge in [-0.15, -0.1) is 0 Å². The number of likely N-dealkylation sites (tertiary alicyclic amines) is 1. The number of benzene rings is 1. The number of carbonyl (C=O) groups is 2. The molecule has 2 unspecified atom stereocenters. The first-order chi connectivity index (χ1) is 23.2. The number of amides is 2. The van der Waals surface area contributed by atoms with E-state index in [1.54, 1.807) is 16.1 Å². The maximum absolute atomic E-state index is 14.7. The molecule has 3 fully saturated rings. The van der Waals surface area contributed by atoms with E-state index in [2.05, 4.69) is 22.0 Å². The summed E-state index contributed by atoms with van der Waals surface area (Å²) in [4.78, 5) is 43.7. The van der Waals surface area contributed by atoms with Gasteiger partial charge in [-0.2, -0.15) is 0 Å². The van der Waals surface area contributed by atoms with Crippen molar-refractivity contribution in [2.24, 2.45) is 5.92 Å². The van der Waals surface area contributed by atoms with Crippen molar-refractivity contribution in [2.75, 3.05) is 32.7 Å². The third kappa shape index (κ3) is 6.77. The summed E-state index contributed by atoms with van der Waals surface area (Å²) in [6.07, 6.45) is 12.0. The minimum atomic E-state index is -1.13. The van der Waals surface area contributed by atoms with Crippen molar-refractivity contribution in [3.05, 3.63) is 82.2 Å². The van der Waals surface area contributed by atoms with E-state index in [-0.39, 0.29) is 30.3 Å². The number of aromatic nitrogens is 3. The first-order valence-electron chi connectivity index (χ1n) is 17.6. The number of imidazole rings is 1. The number of pyridine rings is 1. The highest BCUT2D eigenvalue weighted by Gasteiger charge is 2.46. The normalized spacial score (nSPS) is 26.0. The molecule has 7 rings (SSSR count). The molecular formula is C37H47ClN6O4. The van der Waals surface area contributed by atoms with E-state index in [4.69, 9.17) is 16.6 Å². The number of piperazine rings is 1. The van der Waals surface area contributed by atoms with Crippen LogP contribution in [0.2, 0.25) is 5.02 Å². The monoisotopic (exact) mass is 674 g/mol. The van der Waals surface area contributed by atoms with Crippen molar-refractivity contribution in [2.45, 2.75) is 95.0 Å². The van der Waals surface area contributed by atoms with Crippen molar-refractivity contribution in [1.82, 2.24) is 29.2 Å². The molecule has 1 saturated carbocycles. The smallest absolute Gasteiger partial charge is 0.252 e. The van der Waals surface area contributed by atoms with E-state index in [1.807, 2.05) is 42.1 Å². The number of halogens is 1. The van der Waals surface area contributed by atoms with Gasteiger partial charge >= 0.3 is 0 Å². The first-order valence-corrected chi connectivity index (χ1v) is 18.0. The fourth-order valence-electron chi connectivity index (χ4n) is 8.63. The molecule has 4 heterocycles. The minimum absolute atomic E-state index is 0.0895. The zero-order valence-electron chi connectivity index (χ0n) is 27.8. The van der Waals surface area contributed by atoms with Crippen LogP contribution >= 0.6 is 11.6 Å². The van der Waals surface area contributed by atoms with Crippen LogP contribution in [0, 0.1) is 12.8 Å². The quantitative estimate of drug-likeness (QED) is 0.407. The molecule has 2 N–H and O–H groups in total. The summed E-state index contributed by atoms with van der Waals surface area (Å²) in [5.41, 5.74) is 4.17. The van der Waals surface area contributed by atoms with Crippen LogP contribution in [0.3, 0.4) is 0 Å². The molecule has 10 nitrogen and oxygen atoms in total. The highest BCUT2D eigenvalue weighted by atomic mass is 35.5. The van der Waals surface area contributed by atoms with Gasteiger partial charge in [-0.25, -0.2) is 4.98 Å². The molecule has 4 aliphatic rings. The number of aliphatic hydroxyl groups is 2. The Morgan fingerprint density at radius 1 is 1.04 bits per heavy atom. The molecule has 0 spiro atoms. The average molecular weight is 675 g/mol. The maximum atomic E-state index is 14.7. The zero-order chi connectivity index (χ0) is 33.4. The summed E-state index contributed by atoms with van der Waals surface area (Å²) in [6.45, 7) is 4.05. The largest absolute Gasteiger partial charge is 0.386 e. The van der Waals surface area contributed by atoms with E-state index in [1.165, 1.54) is 5.56 Å². The van der Waals surface area contributed by atoms with Crippen molar-refractivity contribution < 1.29 is 19.8 Å². The van der Waals surface area contributed by atoms with Gasteiger partial charge in [-0.1, -0.05) is 43.0 Å². The van der Waals surface area contributed by atoms with Gasteiger partial charge in [0.15, 0.2) is 0 Å². The van der Waals surface area contributed by atoms with Crippen LogP contribution in [0.1, 0.15) is 79.1 Å². The third-order valence-electron chi connectivity index (χ3n) is 11.0. The van der Waals surface area contributed by atoms with Gasteiger partial charge in [0.05, 0.1) is 36.8 Å². The molecular weight excluding hydrogens is 628 g/mol. The minimum Gasteiger partial charge on any atom is -0.386 e.